The van der Waals surface area contributed by atoms with Gasteiger partial charge in [0.2, 0.25) is 0 Å². The first kappa shape index (κ1) is 13.0. The van der Waals surface area contributed by atoms with E-state index >= 15 is 0 Å². The van der Waals surface area contributed by atoms with Crippen molar-refractivity contribution >= 4 is 23.1 Å². The van der Waals surface area contributed by atoms with Crippen molar-refractivity contribution in [1.29, 1.82) is 0 Å². The fraction of sp³-hybridized carbons (Fsp3) is 0.143. The van der Waals surface area contributed by atoms with Gasteiger partial charge in [0, 0.05) is 0 Å². The van der Waals surface area contributed by atoms with Gasteiger partial charge in [0.05, 0.1) is 0 Å². The molecule has 0 fully saturated rings. The molecule has 0 amide bonds. The fourth-order valence-corrected chi connectivity index (χ4v) is 0.557. The molecule has 1 rings (SSSR count). The van der Waals surface area contributed by atoms with Crippen LogP contribution in [0, 0.1) is 6.07 Å². The Kier molecular flexibility index (Phi) is 9.83. The van der Waals surface area contributed by atoms with Crippen LogP contribution in [0.2, 0.25) is 0 Å². The maximum absolute atomic E-state index is 5.33. The predicted octanol–water partition coefficient (Wildman–Crippen LogP) is -2.43. The standard InChI is InChI=1S/C7H8N.BrH.Mg/c8-6-7-4-2-1-3-5-7;;/h1-2,4-5H,6,8H2;1H;/q-1;;+2/p-1. The van der Waals surface area contributed by atoms with Crippen LogP contribution in [0.15, 0.2) is 24.3 Å². The Balaban J connectivity index is 0. The normalized spacial score (nSPS) is 7.30. The molecule has 50 valence electrons. The van der Waals surface area contributed by atoms with E-state index < -0.39 is 0 Å². The third-order valence-electron chi connectivity index (χ3n) is 1.01. The van der Waals surface area contributed by atoms with E-state index in [1.807, 2.05) is 24.3 Å². The Morgan fingerprint density at radius 3 is 2.50 bits per heavy atom. The van der Waals surface area contributed by atoms with Gasteiger partial charge in [0.25, 0.3) is 0 Å². The van der Waals surface area contributed by atoms with Crippen molar-refractivity contribution in [2.45, 2.75) is 6.54 Å². The van der Waals surface area contributed by atoms with E-state index in [1.165, 1.54) is 0 Å². The molecular formula is C7H8BrMgN. The quantitative estimate of drug-likeness (QED) is 0.405. The predicted molar refractivity (Wildman–Crippen MR) is 38.9 cm³/mol. The molecule has 10 heavy (non-hydrogen) atoms. The van der Waals surface area contributed by atoms with E-state index in [0.717, 1.165) is 5.56 Å². The second kappa shape index (κ2) is 7.53. The van der Waals surface area contributed by atoms with Crippen LogP contribution < -0.4 is 22.7 Å². The number of halogens is 1. The summed E-state index contributed by atoms with van der Waals surface area (Å²) in [5.41, 5.74) is 6.46. The zero-order chi connectivity index (χ0) is 5.82. The van der Waals surface area contributed by atoms with Crippen LogP contribution in [0.1, 0.15) is 5.56 Å². The molecule has 1 aromatic rings. The first-order chi connectivity index (χ1) is 3.93. The summed E-state index contributed by atoms with van der Waals surface area (Å²) < 4.78 is 0. The maximum Gasteiger partial charge on any atom is 2.00 e. The molecule has 3 heteroatoms. The molecule has 2 N–H and O–H groups in total. The Morgan fingerprint density at radius 2 is 2.20 bits per heavy atom. The summed E-state index contributed by atoms with van der Waals surface area (Å²) in [5.74, 6) is 0. The Morgan fingerprint density at radius 1 is 1.50 bits per heavy atom. The molecule has 0 bridgehead atoms. The van der Waals surface area contributed by atoms with E-state index in [0.29, 0.717) is 6.54 Å². The first-order valence-corrected chi connectivity index (χ1v) is 2.58. The molecular weight excluding hydrogens is 202 g/mol. The van der Waals surface area contributed by atoms with Gasteiger partial charge in [-0.3, -0.25) is 0 Å². The van der Waals surface area contributed by atoms with Gasteiger partial charge in [-0.15, -0.1) is 5.56 Å². The monoisotopic (exact) mass is 209 g/mol. The number of nitrogens with two attached hydrogens (primary N) is 1. The second-order valence-electron chi connectivity index (χ2n) is 1.62. The average molecular weight is 210 g/mol. The van der Waals surface area contributed by atoms with Crippen molar-refractivity contribution in [2.75, 3.05) is 0 Å². The molecule has 0 heterocycles. The van der Waals surface area contributed by atoms with Crippen molar-refractivity contribution in [3.05, 3.63) is 35.9 Å². The van der Waals surface area contributed by atoms with Gasteiger partial charge in [0.15, 0.2) is 0 Å². The van der Waals surface area contributed by atoms with Crippen LogP contribution in [-0.4, -0.2) is 23.1 Å². The van der Waals surface area contributed by atoms with Crippen molar-refractivity contribution in [1.82, 2.24) is 0 Å². The minimum atomic E-state index is 0. The summed E-state index contributed by atoms with van der Waals surface area (Å²) >= 11 is 0. The van der Waals surface area contributed by atoms with Gasteiger partial charge < -0.3 is 22.7 Å². The van der Waals surface area contributed by atoms with Crippen molar-refractivity contribution in [2.24, 2.45) is 5.73 Å². The van der Waals surface area contributed by atoms with Gasteiger partial charge in [-0.2, -0.15) is 30.3 Å². The summed E-state index contributed by atoms with van der Waals surface area (Å²) in [7, 11) is 0. The van der Waals surface area contributed by atoms with E-state index in [9.17, 15) is 0 Å². The fourth-order valence-electron chi connectivity index (χ4n) is 0.557. The van der Waals surface area contributed by atoms with E-state index in [1.54, 1.807) is 0 Å². The van der Waals surface area contributed by atoms with Crippen molar-refractivity contribution in [3.63, 3.8) is 0 Å². The number of hydrogen-bond acceptors (Lipinski definition) is 1. The second-order valence-corrected chi connectivity index (χ2v) is 1.62. The molecule has 0 radical (unpaired) electrons. The molecule has 0 unspecified atom stereocenters. The van der Waals surface area contributed by atoms with Gasteiger partial charge in [-0.25, -0.2) is 0 Å². The first-order valence-electron chi connectivity index (χ1n) is 2.58. The third-order valence-corrected chi connectivity index (χ3v) is 1.01. The van der Waals surface area contributed by atoms with E-state index in [-0.39, 0.29) is 40.0 Å². The van der Waals surface area contributed by atoms with Crippen LogP contribution in [0.5, 0.6) is 0 Å². The largest absolute Gasteiger partial charge is 2.00 e. The Labute approximate surface area is 87.9 Å². The van der Waals surface area contributed by atoms with Gasteiger partial charge >= 0.3 is 23.1 Å². The third kappa shape index (κ3) is 4.27. The number of hydrogen-bond donors (Lipinski definition) is 1. The molecule has 0 aliphatic carbocycles. The van der Waals surface area contributed by atoms with Crippen LogP contribution >= 0.6 is 0 Å². The van der Waals surface area contributed by atoms with Crippen LogP contribution in [-0.2, 0) is 6.54 Å². The van der Waals surface area contributed by atoms with Crippen LogP contribution in [0.4, 0.5) is 0 Å². The van der Waals surface area contributed by atoms with Gasteiger partial charge in [-0.05, 0) is 6.54 Å². The minimum Gasteiger partial charge on any atom is -1.00 e. The van der Waals surface area contributed by atoms with Gasteiger partial charge in [0.1, 0.15) is 0 Å². The molecule has 0 atom stereocenters. The summed E-state index contributed by atoms with van der Waals surface area (Å²) in [4.78, 5) is 0. The van der Waals surface area contributed by atoms with E-state index in [4.69, 9.17) is 5.73 Å². The SMILES string of the molecule is NCc1c[c-]ccc1.[Br-].[Mg+2]. The molecule has 0 saturated carbocycles. The Hall–Kier alpha value is 0.426. The summed E-state index contributed by atoms with van der Waals surface area (Å²) in [6.45, 7) is 0.608. The molecule has 0 aliphatic heterocycles. The molecule has 0 spiro atoms. The zero-order valence-electron chi connectivity index (χ0n) is 5.68. The summed E-state index contributed by atoms with van der Waals surface area (Å²) in [6.07, 6.45) is 0. The number of rotatable bonds is 1. The molecule has 1 aromatic carbocycles. The summed E-state index contributed by atoms with van der Waals surface area (Å²) in [6, 6.07) is 10.6. The van der Waals surface area contributed by atoms with Gasteiger partial charge in [-0.1, -0.05) is 0 Å². The molecule has 0 aromatic heterocycles. The van der Waals surface area contributed by atoms with Crippen LogP contribution in [0.25, 0.3) is 0 Å². The zero-order valence-corrected chi connectivity index (χ0v) is 8.68. The topological polar surface area (TPSA) is 26.0 Å². The molecule has 1 nitrogen and oxygen atoms in total. The Bertz CT molecular complexity index is 155. The molecule has 0 aliphatic rings. The minimum absolute atomic E-state index is 0. The smallest absolute Gasteiger partial charge is 1.00 e. The molecule has 0 saturated heterocycles. The number of benzene rings is 1. The summed E-state index contributed by atoms with van der Waals surface area (Å²) in [5, 5.41) is 0. The van der Waals surface area contributed by atoms with E-state index in [2.05, 4.69) is 6.07 Å². The maximum atomic E-state index is 5.33. The van der Waals surface area contributed by atoms with Crippen molar-refractivity contribution < 1.29 is 17.0 Å². The van der Waals surface area contributed by atoms with Crippen molar-refractivity contribution in [3.8, 4) is 0 Å². The van der Waals surface area contributed by atoms with Crippen LogP contribution in [0.3, 0.4) is 0 Å². The average Bonchev–Trinajstić information content (AvgIpc) is 1.90.